The molecule has 2 unspecified atom stereocenters. The highest BCUT2D eigenvalue weighted by Crippen LogP contribution is 2.48. The zero-order valence-electron chi connectivity index (χ0n) is 6.89. The smallest absolute Gasteiger partial charge is 0.0721 e. The van der Waals surface area contributed by atoms with Gasteiger partial charge in [-0.2, -0.15) is 0 Å². The van der Waals surface area contributed by atoms with E-state index in [-0.39, 0.29) is 0 Å². The summed E-state index contributed by atoms with van der Waals surface area (Å²) in [5.41, 5.74) is 5.67. The van der Waals surface area contributed by atoms with Gasteiger partial charge < -0.3 is 15.2 Å². The zero-order valence-corrected chi connectivity index (χ0v) is 8.54. The Labute approximate surface area is 82.0 Å². The maximum absolute atomic E-state index is 11.3. The molecule has 72 valence electrons. The van der Waals surface area contributed by atoms with Gasteiger partial charge in [-0.15, -0.1) is 11.6 Å². The second-order valence-electron chi connectivity index (χ2n) is 2.70. The van der Waals surface area contributed by atoms with Gasteiger partial charge in [-0.25, -0.2) is 0 Å². The minimum absolute atomic E-state index is 0.428. The molecule has 13 heavy (non-hydrogen) atoms. The van der Waals surface area contributed by atoms with E-state index in [9.17, 15) is 9.46 Å². The van der Waals surface area contributed by atoms with Gasteiger partial charge in [0.25, 0.3) is 0 Å². The van der Waals surface area contributed by atoms with Crippen LogP contribution in [0.4, 0.5) is 0 Å². The van der Waals surface area contributed by atoms with E-state index in [4.69, 9.17) is 17.3 Å². The Morgan fingerprint density at radius 3 is 2.46 bits per heavy atom. The number of nitrogens with two attached hydrogens (primary N) is 1. The SMILES string of the molecule is NC(c1ccccc1)P(=O)([O-])CCl. The van der Waals surface area contributed by atoms with Crippen molar-refractivity contribution in [3.8, 4) is 0 Å². The van der Waals surface area contributed by atoms with Gasteiger partial charge in [0.2, 0.25) is 0 Å². The molecule has 2 atom stereocenters. The first-order chi connectivity index (χ1) is 6.08. The van der Waals surface area contributed by atoms with Crippen LogP contribution >= 0.6 is 19.0 Å². The minimum atomic E-state index is -3.69. The van der Waals surface area contributed by atoms with Crippen LogP contribution in [0.15, 0.2) is 30.3 Å². The Morgan fingerprint density at radius 2 is 2.00 bits per heavy atom. The van der Waals surface area contributed by atoms with Gasteiger partial charge in [-0.05, 0) is 5.56 Å². The number of hydrogen-bond acceptors (Lipinski definition) is 3. The fourth-order valence-corrected chi connectivity index (χ4v) is 2.17. The van der Waals surface area contributed by atoms with Crippen molar-refractivity contribution in [1.29, 1.82) is 0 Å². The van der Waals surface area contributed by atoms with Gasteiger partial charge >= 0.3 is 0 Å². The predicted molar refractivity (Wildman–Crippen MR) is 51.7 cm³/mol. The van der Waals surface area contributed by atoms with Crippen LogP contribution < -0.4 is 10.6 Å². The molecule has 1 rings (SSSR count). The fourth-order valence-electron chi connectivity index (χ4n) is 0.952. The van der Waals surface area contributed by atoms with Crippen molar-refractivity contribution in [2.24, 2.45) is 5.73 Å². The average molecular weight is 219 g/mol. The fraction of sp³-hybridized carbons (Fsp3) is 0.250. The normalized spacial score (nSPS) is 17.8. The lowest BCUT2D eigenvalue weighted by molar-refractivity contribution is -0.176. The predicted octanol–water partition coefficient (Wildman–Crippen LogP) is 1.48. The van der Waals surface area contributed by atoms with E-state index >= 15 is 0 Å². The van der Waals surface area contributed by atoms with Gasteiger partial charge in [0, 0.05) is 7.37 Å². The molecule has 0 amide bonds. The first-order valence-electron chi connectivity index (χ1n) is 3.74. The van der Waals surface area contributed by atoms with E-state index in [1.807, 2.05) is 0 Å². The molecule has 0 aliphatic heterocycles. The number of halogens is 1. The van der Waals surface area contributed by atoms with Crippen molar-refractivity contribution in [2.75, 3.05) is 5.62 Å². The van der Waals surface area contributed by atoms with Gasteiger partial charge in [0.05, 0.1) is 11.4 Å². The van der Waals surface area contributed by atoms with Crippen molar-refractivity contribution in [2.45, 2.75) is 5.78 Å². The third-order valence-electron chi connectivity index (χ3n) is 1.73. The molecule has 2 N–H and O–H groups in total. The molecular weight excluding hydrogens is 209 g/mol. The van der Waals surface area contributed by atoms with Crippen LogP contribution in [-0.4, -0.2) is 5.62 Å². The zero-order chi connectivity index (χ0) is 9.90. The van der Waals surface area contributed by atoms with E-state index in [0.29, 0.717) is 5.56 Å². The van der Waals surface area contributed by atoms with Crippen molar-refractivity contribution < 1.29 is 9.46 Å². The van der Waals surface area contributed by atoms with E-state index in [1.54, 1.807) is 30.3 Å². The lowest BCUT2D eigenvalue weighted by Crippen LogP contribution is -2.18. The lowest BCUT2D eigenvalue weighted by Gasteiger charge is -2.27. The third kappa shape index (κ3) is 2.55. The standard InChI is InChI=1S/C8H11ClNO2P/c9-6-13(11,12)8(10)7-4-2-1-3-5-7/h1-5,8H,6,10H2,(H,11,12)/p-1. The summed E-state index contributed by atoms with van der Waals surface area (Å²) >= 11 is 5.28. The van der Waals surface area contributed by atoms with Crippen molar-refractivity contribution in [3.05, 3.63) is 35.9 Å². The molecule has 0 aliphatic carbocycles. The van der Waals surface area contributed by atoms with E-state index in [0.717, 1.165) is 0 Å². The van der Waals surface area contributed by atoms with Crippen molar-refractivity contribution in [1.82, 2.24) is 0 Å². The van der Waals surface area contributed by atoms with Gasteiger partial charge in [-0.1, -0.05) is 30.3 Å². The molecule has 1 aromatic rings. The summed E-state index contributed by atoms with van der Waals surface area (Å²) in [6.45, 7) is 0. The highest BCUT2D eigenvalue weighted by atomic mass is 35.5. The van der Waals surface area contributed by atoms with Crippen LogP contribution in [-0.2, 0) is 4.57 Å². The maximum Gasteiger partial charge on any atom is 0.0721 e. The molecule has 5 heteroatoms. The van der Waals surface area contributed by atoms with Crippen LogP contribution in [0.2, 0.25) is 0 Å². The third-order valence-corrected chi connectivity index (χ3v) is 4.21. The summed E-state index contributed by atoms with van der Waals surface area (Å²) in [6.07, 6.45) is 0. The van der Waals surface area contributed by atoms with Gasteiger partial charge in [0.1, 0.15) is 0 Å². The molecule has 1 aromatic carbocycles. The maximum atomic E-state index is 11.3. The topological polar surface area (TPSA) is 66.2 Å². The molecule has 0 heterocycles. The highest BCUT2D eigenvalue weighted by molar-refractivity contribution is 7.58. The Balaban J connectivity index is 2.92. The number of hydrogen-bond donors (Lipinski definition) is 1. The van der Waals surface area contributed by atoms with Crippen LogP contribution in [0.5, 0.6) is 0 Å². The summed E-state index contributed by atoms with van der Waals surface area (Å²) in [5.74, 6) is -0.994. The molecular formula is C8H10ClNO2P-. The van der Waals surface area contributed by atoms with Crippen molar-refractivity contribution >= 4 is 19.0 Å². The average Bonchev–Trinajstić information content (AvgIpc) is 2.18. The summed E-state index contributed by atoms with van der Waals surface area (Å²) in [4.78, 5) is 11.3. The molecule has 0 aromatic heterocycles. The monoisotopic (exact) mass is 218 g/mol. The molecule has 0 saturated carbocycles. The van der Waals surface area contributed by atoms with Crippen LogP contribution in [0.1, 0.15) is 11.3 Å². The van der Waals surface area contributed by atoms with Gasteiger partial charge in [-0.3, -0.25) is 0 Å². The van der Waals surface area contributed by atoms with Crippen molar-refractivity contribution in [3.63, 3.8) is 0 Å². The van der Waals surface area contributed by atoms with Crippen LogP contribution in [0, 0.1) is 0 Å². The van der Waals surface area contributed by atoms with Gasteiger partial charge in [0.15, 0.2) is 0 Å². The van der Waals surface area contributed by atoms with E-state index in [2.05, 4.69) is 0 Å². The summed E-state index contributed by atoms with van der Waals surface area (Å²) in [6, 6.07) is 8.61. The number of alkyl halides is 1. The molecule has 0 aliphatic rings. The second-order valence-corrected chi connectivity index (χ2v) is 5.67. The molecule has 0 saturated heterocycles. The number of rotatable bonds is 3. The molecule has 0 spiro atoms. The summed E-state index contributed by atoms with van der Waals surface area (Å²) in [7, 11) is -3.69. The van der Waals surface area contributed by atoms with Crippen LogP contribution in [0.25, 0.3) is 0 Å². The largest absolute Gasteiger partial charge is 0.797 e. The van der Waals surface area contributed by atoms with E-state index < -0.39 is 18.8 Å². The van der Waals surface area contributed by atoms with E-state index in [1.165, 1.54) is 0 Å². The summed E-state index contributed by atoms with van der Waals surface area (Å²) < 4.78 is 11.3. The Hall–Kier alpha value is -0.340. The minimum Gasteiger partial charge on any atom is -0.797 e. The molecule has 0 radical (unpaired) electrons. The summed E-state index contributed by atoms with van der Waals surface area (Å²) in [5, 5.41) is 0. The number of benzene rings is 1. The quantitative estimate of drug-likeness (QED) is 0.617. The van der Waals surface area contributed by atoms with Crippen LogP contribution in [0.3, 0.4) is 0 Å². The molecule has 0 bridgehead atoms. The molecule has 3 nitrogen and oxygen atoms in total. The Morgan fingerprint density at radius 1 is 1.46 bits per heavy atom. The Kier molecular flexibility index (Phi) is 3.51. The Bertz CT molecular complexity index is 317. The first-order valence-corrected chi connectivity index (χ1v) is 6.15. The first kappa shape index (κ1) is 10.7. The lowest BCUT2D eigenvalue weighted by atomic mass is 10.2. The molecule has 0 fully saturated rings. The highest BCUT2D eigenvalue weighted by Gasteiger charge is 2.18. The second kappa shape index (κ2) is 4.25.